The highest BCUT2D eigenvalue weighted by atomic mass is 79.9. The highest BCUT2D eigenvalue weighted by Gasteiger charge is 2.32. The Hall–Kier alpha value is -1.30. The molecule has 3 N–H and O–H groups in total. The highest BCUT2D eigenvalue weighted by Crippen LogP contribution is 2.42. The number of aryl methyl sites for hydroxylation is 1. The van der Waals surface area contributed by atoms with Crippen LogP contribution in [0.1, 0.15) is 35.2 Å². The molecule has 0 aliphatic heterocycles. The first kappa shape index (κ1) is 13.7. The summed E-state index contributed by atoms with van der Waals surface area (Å²) >= 11 is 3.32. The quantitative estimate of drug-likeness (QED) is 0.668. The van der Waals surface area contributed by atoms with Crippen molar-refractivity contribution >= 4 is 15.9 Å². The number of hydrogen-bond acceptors (Lipinski definition) is 3. The Morgan fingerprint density at radius 1 is 1.35 bits per heavy atom. The number of nitrogens with one attached hydrogen (secondary N) is 1. The van der Waals surface area contributed by atoms with Gasteiger partial charge in [-0.3, -0.25) is 16.3 Å². The molecule has 0 fully saturated rings. The number of halogens is 2. The van der Waals surface area contributed by atoms with Gasteiger partial charge in [-0.25, -0.2) is 4.39 Å². The lowest BCUT2D eigenvalue weighted by atomic mass is 9.91. The average molecular weight is 336 g/mol. The molecule has 5 heteroatoms. The van der Waals surface area contributed by atoms with Gasteiger partial charge >= 0.3 is 0 Å². The van der Waals surface area contributed by atoms with Crippen LogP contribution < -0.4 is 11.3 Å². The van der Waals surface area contributed by atoms with E-state index in [-0.39, 0.29) is 17.8 Å². The fourth-order valence-electron chi connectivity index (χ4n) is 2.95. The molecule has 2 atom stereocenters. The number of rotatable bonds is 3. The van der Waals surface area contributed by atoms with Crippen molar-refractivity contribution < 1.29 is 4.39 Å². The zero-order valence-electron chi connectivity index (χ0n) is 10.8. The Bertz CT molecular complexity index is 632. The van der Waals surface area contributed by atoms with Gasteiger partial charge in [0.2, 0.25) is 0 Å². The van der Waals surface area contributed by atoms with Crippen LogP contribution in [-0.2, 0) is 6.42 Å². The molecule has 20 heavy (non-hydrogen) atoms. The first-order chi connectivity index (χ1) is 9.72. The molecular formula is C15H15BrFN3. The maximum Gasteiger partial charge on any atom is 0.137 e. The molecule has 2 unspecified atom stereocenters. The summed E-state index contributed by atoms with van der Waals surface area (Å²) in [5.41, 5.74) is 5.98. The maximum atomic E-state index is 13.7. The molecular weight excluding hydrogens is 321 g/mol. The van der Waals surface area contributed by atoms with Crippen LogP contribution >= 0.6 is 15.9 Å². The Labute approximate surface area is 125 Å². The summed E-state index contributed by atoms with van der Waals surface area (Å²) in [6.45, 7) is 0. The van der Waals surface area contributed by atoms with Crippen molar-refractivity contribution in [3.63, 3.8) is 0 Å². The molecule has 0 saturated carbocycles. The summed E-state index contributed by atoms with van der Waals surface area (Å²) in [5, 5.41) is 0. The van der Waals surface area contributed by atoms with Gasteiger partial charge in [-0.1, -0.05) is 18.2 Å². The standard InChI is InChI=1S/C15H15BrFN3/c16-13-10(4-1-5-12(13)17)15(20-18)11-7-6-9-3-2-8-19-14(9)11/h1-5,8,11,15,20H,6-7,18H2. The fourth-order valence-corrected chi connectivity index (χ4v) is 3.46. The zero-order chi connectivity index (χ0) is 14.1. The summed E-state index contributed by atoms with van der Waals surface area (Å²) in [4.78, 5) is 4.48. The van der Waals surface area contributed by atoms with Crippen molar-refractivity contribution in [3.8, 4) is 0 Å². The molecule has 0 bridgehead atoms. The van der Waals surface area contributed by atoms with Gasteiger partial charge in [0.25, 0.3) is 0 Å². The normalized spacial score (nSPS) is 18.9. The van der Waals surface area contributed by atoms with E-state index >= 15 is 0 Å². The van der Waals surface area contributed by atoms with Crippen LogP contribution in [0, 0.1) is 5.82 Å². The number of fused-ring (bicyclic) bond motifs is 1. The van der Waals surface area contributed by atoms with Crippen LogP contribution in [0.2, 0.25) is 0 Å². The molecule has 2 aromatic rings. The second-order valence-corrected chi connectivity index (χ2v) is 5.77. The topological polar surface area (TPSA) is 50.9 Å². The van der Waals surface area contributed by atoms with Gasteiger partial charge in [0.05, 0.1) is 10.5 Å². The van der Waals surface area contributed by atoms with Crippen molar-refractivity contribution in [2.45, 2.75) is 24.8 Å². The Kier molecular flexibility index (Phi) is 3.83. The first-order valence-corrected chi connectivity index (χ1v) is 7.35. The third kappa shape index (κ3) is 2.26. The van der Waals surface area contributed by atoms with E-state index in [0.717, 1.165) is 24.1 Å². The van der Waals surface area contributed by atoms with Crippen molar-refractivity contribution in [2.75, 3.05) is 0 Å². The summed E-state index contributed by atoms with van der Waals surface area (Å²) in [7, 11) is 0. The molecule has 0 spiro atoms. The van der Waals surface area contributed by atoms with E-state index in [9.17, 15) is 4.39 Å². The number of nitrogens with two attached hydrogens (primary N) is 1. The molecule has 104 valence electrons. The molecule has 3 rings (SSSR count). The van der Waals surface area contributed by atoms with Crippen LogP contribution in [0.3, 0.4) is 0 Å². The van der Waals surface area contributed by atoms with E-state index in [2.05, 4.69) is 32.4 Å². The monoisotopic (exact) mass is 335 g/mol. The van der Waals surface area contributed by atoms with E-state index in [1.165, 1.54) is 11.6 Å². The van der Waals surface area contributed by atoms with Crippen molar-refractivity contribution in [3.05, 3.63) is 63.6 Å². The SMILES string of the molecule is NNC(c1cccc(F)c1Br)C1CCc2cccnc21. The van der Waals surface area contributed by atoms with Crippen LogP contribution in [0.5, 0.6) is 0 Å². The van der Waals surface area contributed by atoms with Gasteiger partial charge in [-0.15, -0.1) is 0 Å². The minimum atomic E-state index is -0.276. The Balaban J connectivity index is 2.02. The zero-order valence-corrected chi connectivity index (χ0v) is 12.4. The minimum Gasteiger partial charge on any atom is -0.271 e. The van der Waals surface area contributed by atoms with Gasteiger partial charge < -0.3 is 0 Å². The average Bonchev–Trinajstić information content (AvgIpc) is 2.88. The van der Waals surface area contributed by atoms with Crippen LogP contribution in [0.4, 0.5) is 4.39 Å². The molecule has 1 heterocycles. The number of hydrazine groups is 1. The van der Waals surface area contributed by atoms with E-state index in [0.29, 0.717) is 4.47 Å². The lowest BCUT2D eigenvalue weighted by molar-refractivity contribution is 0.443. The molecule has 0 amide bonds. The molecule has 1 aromatic heterocycles. The lowest BCUT2D eigenvalue weighted by Gasteiger charge is -2.24. The van der Waals surface area contributed by atoms with Gasteiger partial charge in [-0.2, -0.15) is 0 Å². The van der Waals surface area contributed by atoms with E-state index < -0.39 is 0 Å². The molecule has 1 aromatic carbocycles. The van der Waals surface area contributed by atoms with E-state index in [1.54, 1.807) is 12.3 Å². The van der Waals surface area contributed by atoms with Gasteiger partial charge in [0, 0.05) is 17.8 Å². The Morgan fingerprint density at radius 3 is 3.00 bits per heavy atom. The van der Waals surface area contributed by atoms with Crippen LogP contribution in [-0.4, -0.2) is 4.98 Å². The number of pyridine rings is 1. The predicted octanol–water partition coefficient (Wildman–Crippen LogP) is 3.22. The van der Waals surface area contributed by atoms with Gasteiger partial charge in [-0.05, 0) is 52.0 Å². The molecule has 3 nitrogen and oxygen atoms in total. The number of hydrogen-bond donors (Lipinski definition) is 2. The van der Waals surface area contributed by atoms with E-state index in [1.807, 2.05) is 12.1 Å². The number of nitrogens with zero attached hydrogens (tertiary/aromatic N) is 1. The van der Waals surface area contributed by atoms with Crippen molar-refractivity contribution in [1.82, 2.24) is 10.4 Å². The van der Waals surface area contributed by atoms with Crippen molar-refractivity contribution in [1.29, 1.82) is 0 Å². The molecule has 1 aliphatic rings. The molecule has 1 aliphatic carbocycles. The van der Waals surface area contributed by atoms with Crippen LogP contribution in [0.25, 0.3) is 0 Å². The maximum absolute atomic E-state index is 13.7. The Morgan fingerprint density at radius 2 is 2.20 bits per heavy atom. The minimum absolute atomic E-state index is 0.156. The van der Waals surface area contributed by atoms with Crippen molar-refractivity contribution in [2.24, 2.45) is 5.84 Å². The highest BCUT2D eigenvalue weighted by molar-refractivity contribution is 9.10. The summed E-state index contributed by atoms with van der Waals surface area (Å²) in [6.07, 6.45) is 3.74. The summed E-state index contributed by atoms with van der Waals surface area (Å²) < 4.78 is 14.2. The van der Waals surface area contributed by atoms with Gasteiger partial charge in [0.15, 0.2) is 0 Å². The summed E-state index contributed by atoms with van der Waals surface area (Å²) in [5.74, 6) is 5.63. The number of aromatic nitrogens is 1. The van der Waals surface area contributed by atoms with Gasteiger partial charge in [0.1, 0.15) is 5.82 Å². The first-order valence-electron chi connectivity index (χ1n) is 6.56. The number of benzene rings is 1. The van der Waals surface area contributed by atoms with E-state index in [4.69, 9.17) is 5.84 Å². The molecule has 0 radical (unpaired) electrons. The third-order valence-corrected chi connectivity index (χ3v) is 4.74. The largest absolute Gasteiger partial charge is 0.271 e. The fraction of sp³-hybridized carbons (Fsp3) is 0.267. The van der Waals surface area contributed by atoms with Crippen LogP contribution in [0.15, 0.2) is 41.0 Å². The second kappa shape index (κ2) is 5.60. The second-order valence-electron chi connectivity index (χ2n) is 4.98. The smallest absolute Gasteiger partial charge is 0.137 e. The third-order valence-electron chi connectivity index (χ3n) is 3.90. The predicted molar refractivity (Wildman–Crippen MR) is 79.5 cm³/mol. The molecule has 0 saturated heterocycles. The lowest BCUT2D eigenvalue weighted by Crippen LogP contribution is -2.32. The summed E-state index contributed by atoms with van der Waals surface area (Å²) in [6, 6.07) is 8.91.